The highest BCUT2D eigenvalue weighted by molar-refractivity contribution is 7.12. The van der Waals surface area contributed by atoms with Crippen LogP contribution in [0.4, 0.5) is 0 Å². The number of tetrazole rings is 1. The second kappa shape index (κ2) is 5.48. The SMILES string of the molecule is Cc1cc(C(=O)N(C)CC(C)c2nn[nH]n2)c(C)s1. The monoisotopic (exact) mass is 279 g/mol. The van der Waals surface area contributed by atoms with Crippen LogP contribution < -0.4 is 0 Å². The number of hydrogen-bond donors (Lipinski definition) is 1. The fourth-order valence-corrected chi connectivity index (χ4v) is 2.92. The molecule has 1 amide bonds. The summed E-state index contributed by atoms with van der Waals surface area (Å²) >= 11 is 1.64. The molecule has 2 aromatic rings. The quantitative estimate of drug-likeness (QED) is 0.925. The van der Waals surface area contributed by atoms with Crippen LogP contribution in [0.25, 0.3) is 0 Å². The van der Waals surface area contributed by atoms with Crippen LogP contribution in [0.2, 0.25) is 0 Å². The summed E-state index contributed by atoms with van der Waals surface area (Å²) in [5.41, 5.74) is 0.783. The zero-order valence-electron chi connectivity index (χ0n) is 11.5. The number of carbonyl (C=O) groups is 1. The lowest BCUT2D eigenvalue weighted by Crippen LogP contribution is -2.30. The molecule has 0 aromatic carbocycles. The fourth-order valence-electron chi connectivity index (χ4n) is 2.00. The molecule has 2 aromatic heterocycles. The molecule has 1 atom stereocenters. The maximum Gasteiger partial charge on any atom is 0.254 e. The molecule has 19 heavy (non-hydrogen) atoms. The van der Waals surface area contributed by atoms with Crippen molar-refractivity contribution >= 4 is 17.2 Å². The Labute approximate surface area is 115 Å². The Bertz CT molecular complexity index is 563. The Morgan fingerprint density at radius 1 is 1.53 bits per heavy atom. The van der Waals surface area contributed by atoms with Crippen LogP contribution in [0.5, 0.6) is 0 Å². The molecule has 1 unspecified atom stereocenters. The highest BCUT2D eigenvalue weighted by Crippen LogP contribution is 2.22. The Morgan fingerprint density at radius 3 is 2.79 bits per heavy atom. The van der Waals surface area contributed by atoms with E-state index in [9.17, 15) is 4.79 Å². The van der Waals surface area contributed by atoms with Crippen LogP contribution in [0.1, 0.15) is 38.8 Å². The van der Waals surface area contributed by atoms with E-state index in [1.54, 1.807) is 23.3 Å². The van der Waals surface area contributed by atoms with Gasteiger partial charge < -0.3 is 4.90 Å². The molecule has 0 saturated carbocycles. The first-order valence-electron chi connectivity index (χ1n) is 6.05. The third kappa shape index (κ3) is 2.98. The third-order valence-electron chi connectivity index (χ3n) is 2.97. The number of nitrogens with zero attached hydrogens (tertiary/aromatic N) is 4. The molecule has 0 fully saturated rings. The predicted molar refractivity (Wildman–Crippen MR) is 73.3 cm³/mol. The number of hydrogen-bond acceptors (Lipinski definition) is 5. The number of aromatic amines is 1. The number of H-pyrrole nitrogens is 1. The predicted octanol–water partition coefficient (Wildman–Crippen LogP) is 1.75. The van der Waals surface area contributed by atoms with E-state index in [1.807, 2.05) is 26.8 Å². The Kier molecular flexibility index (Phi) is 3.94. The van der Waals surface area contributed by atoms with Crippen molar-refractivity contribution in [1.29, 1.82) is 0 Å². The second-order valence-electron chi connectivity index (χ2n) is 4.68. The van der Waals surface area contributed by atoms with Gasteiger partial charge in [-0.3, -0.25) is 4.79 Å². The molecule has 2 heterocycles. The first-order chi connectivity index (χ1) is 8.99. The number of thiophene rings is 1. The average Bonchev–Trinajstić information content (AvgIpc) is 2.97. The van der Waals surface area contributed by atoms with E-state index < -0.39 is 0 Å². The Balaban J connectivity index is 2.06. The van der Waals surface area contributed by atoms with Crippen molar-refractivity contribution in [3.8, 4) is 0 Å². The summed E-state index contributed by atoms with van der Waals surface area (Å²) < 4.78 is 0. The maximum absolute atomic E-state index is 12.4. The molecular weight excluding hydrogens is 262 g/mol. The molecule has 0 aliphatic rings. The molecule has 2 rings (SSSR count). The first kappa shape index (κ1) is 13.7. The highest BCUT2D eigenvalue weighted by Gasteiger charge is 2.20. The molecule has 0 saturated heterocycles. The molecule has 0 aliphatic carbocycles. The molecule has 102 valence electrons. The molecule has 6 nitrogen and oxygen atoms in total. The zero-order valence-corrected chi connectivity index (χ0v) is 12.3. The molecule has 7 heteroatoms. The van der Waals surface area contributed by atoms with Gasteiger partial charge in [-0.2, -0.15) is 5.21 Å². The van der Waals surface area contributed by atoms with Crippen molar-refractivity contribution in [2.75, 3.05) is 13.6 Å². The van der Waals surface area contributed by atoms with Crippen LogP contribution in [0.15, 0.2) is 6.07 Å². The molecule has 0 radical (unpaired) electrons. The minimum Gasteiger partial charge on any atom is -0.341 e. The van der Waals surface area contributed by atoms with E-state index in [-0.39, 0.29) is 11.8 Å². The number of rotatable bonds is 4. The second-order valence-corrected chi connectivity index (χ2v) is 6.14. The molecular formula is C12H17N5OS. The summed E-state index contributed by atoms with van der Waals surface area (Å²) in [5, 5.41) is 13.8. The van der Waals surface area contributed by atoms with Gasteiger partial charge in [0.2, 0.25) is 0 Å². The summed E-state index contributed by atoms with van der Waals surface area (Å²) in [6.45, 7) is 6.52. The van der Waals surface area contributed by atoms with Gasteiger partial charge in [0.1, 0.15) is 0 Å². The third-order valence-corrected chi connectivity index (χ3v) is 3.93. The van der Waals surface area contributed by atoms with Gasteiger partial charge in [-0.05, 0) is 19.9 Å². The van der Waals surface area contributed by atoms with Crippen molar-refractivity contribution in [3.63, 3.8) is 0 Å². The van der Waals surface area contributed by atoms with E-state index in [0.717, 1.165) is 15.3 Å². The molecule has 1 N–H and O–H groups in total. The van der Waals surface area contributed by atoms with Crippen LogP contribution in [0, 0.1) is 13.8 Å². The van der Waals surface area contributed by atoms with Crippen molar-refractivity contribution in [1.82, 2.24) is 25.5 Å². The Morgan fingerprint density at radius 2 is 2.26 bits per heavy atom. The van der Waals surface area contributed by atoms with Crippen LogP contribution >= 0.6 is 11.3 Å². The number of nitrogens with one attached hydrogen (secondary N) is 1. The van der Waals surface area contributed by atoms with Crippen LogP contribution in [-0.2, 0) is 0 Å². The standard InChI is InChI=1S/C12H17N5OS/c1-7(11-13-15-16-14-11)6-17(4)12(18)10-5-8(2)19-9(10)3/h5,7H,6H2,1-4H3,(H,13,14,15,16). The molecule has 0 aliphatic heterocycles. The summed E-state index contributed by atoms with van der Waals surface area (Å²) in [4.78, 5) is 16.3. The minimum absolute atomic E-state index is 0.0391. The van der Waals surface area contributed by atoms with Crippen LogP contribution in [-0.4, -0.2) is 45.0 Å². The van der Waals surface area contributed by atoms with Gasteiger partial charge >= 0.3 is 0 Å². The maximum atomic E-state index is 12.4. The van der Waals surface area contributed by atoms with Crippen molar-refractivity contribution in [3.05, 3.63) is 27.2 Å². The van der Waals surface area contributed by atoms with Crippen LogP contribution in [0.3, 0.4) is 0 Å². The number of aromatic nitrogens is 4. The number of carbonyl (C=O) groups excluding carboxylic acids is 1. The lowest BCUT2D eigenvalue weighted by atomic mass is 10.1. The van der Waals surface area contributed by atoms with Crippen molar-refractivity contribution in [2.45, 2.75) is 26.7 Å². The lowest BCUT2D eigenvalue weighted by Gasteiger charge is -2.19. The average molecular weight is 279 g/mol. The van der Waals surface area contributed by atoms with Gasteiger partial charge in [-0.15, -0.1) is 21.5 Å². The molecule has 0 bridgehead atoms. The number of likely N-dealkylation sites (N-methyl/N-ethyl adjacent to an activating group) is 1. The van der Waals surface area contributed by atoms with Gasteiger partial charge in [0.25, 0.3) is 5.91 Å². The van der Waals surface area contributed by atoms with E-state index >= 15 is 0 Å². The van der Waals surface area contributed by atoms with Gasteiger partial charge in [0, 0.05) is 29.3 Å². The van der Waals surface area contributed by atoms with Gasteiger partial charge in [0.05, 0.1) is 5.56 Å². The van der Waals surface area contributed by atoms with E-state index in [2.05, 4.69) is 20.6 Å². The summed E-state index contributed by atoms with van der Waals surface area (Å²) in [7, 11) is 1.80. The van der Waals surface area contributed by atoms with Gasteiger partial charge in [-0.1, -0.05) is 12.1 Å². The molecule has 0 spiro atoms. The zero-order chi connectivity index (χ0) is 14.0. The fraction of sp³-hybridized carbons (Fsp3) is 0.500. The summed E-state index contributed by atoms with van der Waals surface area (Å²) in [5.74, 6) is 0.711. The summed E-state index contributed by atoms with van der Waals surface area (Å²) in [6, 6.07) is 1.94. The van der Waals surface area contributed by atoms with E-state index in [0.29, 0.717) is 12.4 Å². The largest absolute Gasteiger partial charge is 0.341 e. The first-order valence-corrected chi connectivity index (χ1v) is 6.86. The van der Waals surface area contributed by atoms with Crippen molar-refractivity contribution in [2.24, 2.45) is 0 Å². The van der Waals surface area contributed by atoms with Gasteiger partial charge in [0.15, 0.2) is 5.82 Å². The van der Waals surface area contributed by atoms with Crippen molar-refractivity contribution < 1.29 is 4.79 Å². The minimum atomic E-state index is 0.0391. The Hall–Kier alpha value is -1.76. The van der Waals surface area contributed by atoms with E-state index in [4.69, 9.17) is 0 Å². The van der Waals surface area contributed by atoms with E-state index in [1.165, 1.54) is 0 Å². The van der Waals surface area contributed by atoms with Gasteiger partial charge in [-0.25, -0.2) is 0 Å². The highest BCUT2D eigenvalue weighted by atomic mass is 32.1. The summed E-state index contributed by atoms with van der Waals surface area (Å²) in [6.07, 6.45) is 0. The smallest absolute Gasteiger partial charge is 0.254 e. The topological polar surface area (TPSA) is 74.8 Å². The number of aryl methyl sites for hydroxylation is 2. The normalized spacial score (nSPS) is 12.4. The number of amides is 1. The lowest BCUT2D eigenvalue weighted by molar-refractivity contribution is 0.0787.